The van der Waals surface area contributed by atoms with E-state index in [0.717, 1.165) is 25.8 Å². The Balaban J connectivity index is 2.25. The average molecular weight is 266 g/mol. The van der Waals surface area contributed by atoms with Crippen LogP contribution < -0.4 is 15.4 Å². The zero-order chi connectivity index (χ0) is 14.0. The van der Waals surface area contributed by atoms with Gasteiger partial charge in [0, 0.05) is 24.7 Å². The summed E-state index contributed by atoms with van der Waals surface area (Å²) < 4.78 is 19.4. The van der Waals surface area contributed by atoms with Crippen molar-refractivity contribution in [3.8, 4) is 5.75 Å². The van der Waals surface area contributed by atoms with Crippen LogP contribution in [0.15, 0.2) is 12.1 Å². The third-order valence-corrected chi connectivity index (χ3v) is 3.54. The standard InChI is InChI=1S/C15H23FN2O/c1-10(2)6-7-18(11-4-5-11)14-9-15(19-3)13(17)8-12(14)16/h8-11H,4-7,17H2,1-3H3. The Labute approximate surface area is 114 Å². The normalized spacial score (nSPS) is 14.8. The van der Waals surface area contributed by atoms with Crippen molar-refractivity contribution in [2.24, 2.45) is 5.92 Å². The number of methoxy groups -OCH3 is 1. The predicted octanol–water partition coefficient (Wildman–Crippen LogP) is 3.43. The Morgan fingerprint density at radius 3 is 2.63 bits per heavy atom. The molecule has 1 aromatic carbocycles. The molecule has 0 spiro atoms. The summed E-state index contributed by atoms with van der Waals surface area (Å²) in [6.45, 7) is 5.25. The molecule has 0 aromatic heterocycles. The second kappa shape index (κ2) is 5.68. The van der Waals surface area contributed by atoms with E-state index in [9.17, 15) is 4.39 Å². The largest absolute Gasteiger partial charge is 0.495 e. The molecule has 1 aliphatic rings. The molecule has 1 fully saturated rings. The maximum atomic E-state index is 14.2. The van der Waals surface area contributed by atoms with Gasteiger partial charge < -0.3 is 15.4 Å². The highest BCUT2D eigenvalue weighted by atomic mass is 19.1. The van der Waals surface area contributed by atoms with Crippen LogP contribution in [0.3, 0.4) is 0 Å². The lowest BCUT2D eigenvalue weighted by Crippen LogP contribution is -2.28. The van der Waals surface area contributed by atoms with Crippen molar-refractivity contribution >= 4 is 11.4 Å². The molecular weight excluding hydrogens is 243 g/mol. The van der Waals surface area contributed by atoms with Gasteiger partial charge in [-0.05, 0) is 25.2 Å². The Morgan fingerprint density at radius 2 is 2.11 bits per heavy atom. The number of rotatable bonds is 6. The van der Waals surface area contributed by atoms with Gasteiger partial charge in [-0.1, -0.05) is 13.8 Å². The van der Waals surface area contributed by atoms with E-state index in [0.29, 0.717) is 29.1 Å². The zero-order valence-corrected chi connectivity index (χ0v) is 11.9. The summed E-state index contributed by atoms with van der Waals surface area (Å²) in [6, 6.07) is 3.56. The molecule has 4 heteroatoms. The van der Waals surface area contributed by atoms with E-state index >= 15 is 0 Å². The molecule has 0 aliphatic heterocycles. The first kappa shape index (κ1) is 14.0. The number of anilines is 2. The number of hydrogen-bond acceptors (Lipinski definition) is 3. The number of nitrogens with two attached hydrogens (primary N) is 1. The highest BCUT2D eigenvalue weighted by molar-refractivity contribution is 5.64. The number of nitrogen functional groups attached to an aromatic ring is 1. The third-order valence-electron chi connectivity index (χ3n) is 3.54. The second-order valence-corrected chi connectivity index (χ2v) is 5.65. The molecule has 106 valence electrons. The van der Waals surface area contributed by atoms with E-state index in [1.807, 2.05) is 0 Å². The Bertz CT molecular complexity index is 444. The maximum absolute atomic E-state index is 14.2. The van der Waals surface area contributed by atoms with E-state index < -0.39 is 0 Å². The fourth-order valence-corrected chi connectivity index (χ4v) is 2.24. The van der Waals surface area contributed by atoms with Gasteiger partial charge in [-0.3, -0.25) is 0 Å². The van der Waals surface area contributed by atoms with Crippen LogP contribution in [-0.2, 0) is 0 Å². The third kappa shape index (κ3) is 3.31. The molecule has 3 nitrogen and oxygen atoms in total. The van der Waals surface area contributed by atoms with E-state index in [1.54, 1.807) is 13.2 Å². The Morgan fingerprint density at radius 1 is 1.42 bits per heavy atom. The topological polar surface area (TPSA) is 38.5 Å². The summed E-state index contributed by atoms with van der Waals surface area (Å²) in [5, 5.41) is 0. The van der Waals surface area contributed by atoms with Crippen LogP contribution in [0.25, 0.3) is 0 Å². The first-order chi connectivity index (χ1) is 9.02. The van der Waals surface area contributed by atoms with Gasteiger partial charge >= 0.3 is 0 Å². The molecule has 1 aromatic rings. The molecule has 0 unspecified atom stereocenters. The summed E-state index contributed by atoms with van der Waals surface area (Å²) in [6.07, 6.45) is 3.34. The lowest BCUT2D eigenvalue weighted by atomic mass is 10.1. The summed E-state index contributed by atoms with van der Waals surface area (Å²) >= 11 is 0. The molecule has 1 saturated carbocycles. The number of ether oxygens (including phenoxy) is 1. The lowest BCUT2D eigenvalue weighted by molar-refractivity contribution is 0.415. The summed E-state index contributed by atoms with van der Waals surface area (Å²) in [5.41, 5.74) is 6.70. The molecule has 0 saturated heterocycles. The fourth-order valence-electron chi connectivity index (χ4n) is 2.24. The highest BCUT2D eigenvalue weighted by Gasteiger charge is 2.31. The van der Waals surface area contributed by atoms with E-state index in [-0.39, 0.29) is 5.82 Å². The quantitative estimate of drug-likeness (QED) is 0.802. The van der Waals surface area contributed by atoms with Crippen molar-refractivity contribution in [2.45, 2.75) is 39.2 Å². The molecule has 1 aliphatic carbocycles. The van der Waals surface area contributed by atoms with Crippen molar-refractivity contribution in [1.82, 2.24) is 0 Å². The highest BCUT2D eigenvalue weighted by Crippen LogP contribution is 2.37. The van der Waals surface area contributed by atoms with Crippen molar-refractivity contribution in [3.63, 3.8) is 0 Å². The molecule has 0 bridgehead atoms. The van der Waals surface area contributed by atoms with Crippen LogP contribution >= 0.6 is 0 Å². The first-order valence-corrected chi connectivity index (χ1v) is 6.92. The maximum Gasteiger partial charge on any atom is 0.148 e. The van der Waals surface area contributed by atoms with Crippen LogP contribution in [-0.4, -0.2) is 19.7 Å². The summed E-state index contributed by atoms with van der Waals surface area (Å²) in [5.74, 6) is 0.903. The van der Waals surface area contributed by atoms with Gasteiger partial charge in [0.2, 0.25) is 0 Å². The molecule has 0 radical (unpaired) electrons. The van der Waals surface area contributed by atoms with Gasteiger partial charge in [-0.25, -0.2) is 4.39 Å². The molecule has 0 amide bonds. The van der Waals surface area contributed by atoms with Gasteiger partial charge in [-0.2, -0.15) is 0 Å². The number of halogens is 1. The SMILES string of the molecule is COc1cc(N(CCC(C)C)C2CC2)c(F)cc1N. The van der Waals surface area contributed by atoms with E-state index in [1.165, 1.54) is 6.07 Å². The molecule has 0 heterocycles. The smallest absolute Gasteiger partial charge is 0.148 e. The zero-order valence-electron chi connectivity index (χ0n) is 11.9. The number of benzene rings is 1. The number of hydrogen-bond donors (Lipinski definition) is 1. The predicted molar refractivity (Wildman–Crippen MR) is 77.2 cm³/mol. The Kier molecular flexibility index (Phi) is 4.17. The van der Waals surface area contributed by atoms with Gasteiger partial charge in [0.25, 0.3) is 0 Å². The van der Waals surface area contributed by atoms with Crippen LogP contribution in [0.4, 0.5) is 15.8 Å². The van der Waals surface area contributed by atoms with Crippen LogP contribution in [0.1, 0.15) is 33.1 Å². The molecule has 2 N–H and O–H groups in total. The number of nitrogens with zero attached hydrogens (tertiary/aromatic N) is 1. The average Bonchev–Trinajstić information content (AvgIpc) is 3.15. The summed E-state index contributed by atoms with van der Waals surface area (Å²) in [4.78, 5) is 2.16. The Hall–Kier alpha value is -1.45. The van der Waals surface area contributed by atoms with E-state index in [4.69, 9.17) is 10.5 Å². The van der Waals surface area contributed by atoms with Gasteiger partial charge in [-0.15, -0.1) is 0 Å². The van der Waals surface area contributed by atoms with Gasteiger partial charge in [0.05, 0.1) is 18.5 Å². The second-order valence-electron chi connectivity index (χ2n) is 5.65. The van der Waals surface area contributed by atoms with Gasteiger partial charge in [0.1, 0.15) is 11.6 Å². The van der Waals surface area contributed by atoms with Crippen LogP contribution in [0.2, 0.25) is 0 Å². The minimum absolute atomic E-state index is 0.256. The minimum atomic E-state index is -0.256. The van der Waals surface area contributed by atoms with Crippen LogP contribution in [0, 0.1) is 11.7 Å². The van der Waals surface area contributed by atoms with Crippen LogP contribution in [0.5, 0.6) is 5.75 Å². The lowest BCUT2D eigenvalue weighted by Gasteiger charge is -2.26. The first-order valence-electron chi connectivity index (χ1n) is 6.92. The van der Waals surface area contributed by atoms with E-state index in [2.05, 4.69) is 18.7 Å². The van der Waals surface area contributed by atoms with Crippen molar-refractivity contribution in [2.75, 3.05) is 24.3 Å². The van der Waals surface area contributed by atoms with Crippen molar-refractivity contribution in [1.29, 1.82) is 0 Å². The molecule has 0 atom stereocenters. The molecule has 19 heavy (non-hydrogen) atoms. The molecular formula is C15H23FN2O. The van der Waals surface area contributed by atoms with Crippen molar-refractivity contribution < 1.29 is 9.13 Å². The fraction of sp³-hybridized carbons (Fsp3) is 0.600. The van der Waals surface area contributed by atoms with Crippen molar-refractivity contribution in [3.05, 3.63) is 17.9 Å². The molecule has 2 rings (SSSR count). The monoisotopic (exact) mass is 266 g/mol. The summed E-state index contributed by atoms with van der Waals surface area (Å²) in [7, 11) is 1.56. The minimum Gasteiger partial charge on any atom is -0.495 e. The van der Waals surface area contributed by atoms with Gasteiger partial charge in [0.15, 0.2) is 0 Å².